The molecule has 23 heavy (non-hydrogen) atoms. The van der Waals surface area contributed by atoms with E-state index in [4.69, 9.17) is 4.52 Å². The van der Waals surface area contributed by atoms with Crippen LogP contribution in [-0.2, 0) is 6.54 Å². The molecule has 1 amide bonds. The smallest absolute Gasteiger partial charge is 0.270 e. The second-order valence-corrected chi connectivity index (χ2v) is 5.86. The molecule has 3 heterocycles. The Hall–Kier alpha value is -2.41. The molecule has 1 saturated heterocycles. The van der Waals surface area contributed by atoms with E-state index in [1.54, 1.807) is 17.2 Å². The van der Waals surface area contributed by atoms with Crippen LogP contribution in [0, 0.1) is 6.92 Å². The topological polar surface area (TPSA) is 82.4 Å². The van der Waals surface area contributed by atoms with Crippen molar-refractivity contribution in [2.45, 2.75) is 20.4 Å². The Morgan fingerprint density at radius 3 is 2.57 bits per heavy atom. The number of piperazine rings is 1. The van der Waals surface area contributed by atoms with E-state index in [1.165, 1.54) is 6.92 Å². The van der Waals surface area contributed by atoms with Crippen LogP contribution in [0.4, 0.5) is 0 Å². The van der Waals surface area contributed by atoms with Crippen molar-refractivity contribution in [2.75, 3.05) is 26.2 Å². The van der Waals surface area contributed by atoms with Crippen molar-refractivity contribution >= 4 is 11.7 Å². The summed E-state index contributed by atoms with van der Waals surface area (Å²) in [5.74, 6) is 0.734. The Morgan fingerprint density at radius 1 is 1.26 bits per heavy atom. The predicted molar refractivity (Wildman–Crippen MR) is 83.2 cm³/mol. The Balaban J connectivity index is 1.55. The van der Waals surface area contributed by atoms with Gasteiger partial charge < -0.3 is 14.4 Å². The van der Waals surface area contributed by atoms with Crippen molar-refractivity contribution < 1.29 is 14.1 Å². The molecule has 1 aliphatic heterocycles. The molecule has 0 spiro atoms. The highest BCUT2D eigenvalue weighted by molar-refractivity contribution is 5.99. The summed E-state index contributed by atoms with van der Waals surface area (Å²) in [4.78, 5) is 30.7. The van der Waals surface area contributed by atoms with Gasteiger partial charge in [0.15, 0.2) is 11.5 Å². The summed E-state index contributed by atoms with van der Waals surface area (Å²) in [5.41, 5.74) is 1.88. The minimum absolute atomic E-state index is 0.0486. The standard InChI is InChI=1S/C16H20N4O3/c1-11-7-14(23-18-11)10-19-3-5-20(6-4-19)16(22)15-8-13(9-17-15)12(2)21/h7-9,17H,3-6,10H2,1-2H3. The van der Waals surface area contributed by atoms with Crippen molar-refractivity contribution in [1.82, 2.24) is 19.9 Å². The highest BCUT2D eigenvalue weighted by atomic mass is 16.5. The second-order valence-electron chi connectivity index (χ2n) is 5.86. The zero-order valence-corrected chi connectivity index (χ0v) is 13.3. The van der Waals surface area contributed by atoms with Crippen molar-refractivity contribution in [1.29, 1.82) is 0 Å². The Kier molecular flexibility index (Phi) is 4.29. The number of Topliss-reactive ketones (excluding diaryl/α,β-unsaturated/α-hetero) is 1. The number of ketones is 1. The molecule has 0 unspecified atom stereocenters. The molecule has 0 aliphatic carbocycles. The molecule has 7 nitrogen and oxygen atoms in total. The molecule has 3 rings (SSSR count). The summed E-state index contributed by atoms with van der Waals surface area (Å²) in [5, 5.41) is 3.88. The number of nitrogens with zero attached hydrogens (tertiary/aromatic N) is 3. The number of aromatic amines is 1. The van der Waals surface area contributed by atoms with Gasteiger partial charge in [0, 0.05) is 44.0 Å². The van der Waals surface area contributed by atoms with Crippen molar-refractivity contribution in [3.63, 3.8) is 0 Å². The number of nitrogens with one attached hydrogen (secondary N) is 1. The van der Waals surface area contributed by atoms with E-state index in [-0.39, 0.29) is 11.7 Å². The minimum atomic E-state index is -0.0624. The maximum Gasteiger partial charge on any atom is 0.270 e. The number of hydrogen-bond donors (Lipinski definition) is 1. The normalized spacial score (nSPS) is 15.8. The van der Waals surface area contributed by atoms with E-state index in [9.17, 15) is 9.59 Å². The zero-order valence-electron chi connectivity index (χ0n) is 13.3. The van der Waals surface area contributed by atoms with Crippen LogP contribution in [0.1, 0.15) is 39.2 Å². The average molecular weight is 316 g/mol. The maximum absolute atomic E-state index is 12.4. The molecule has 0 aromatic carbocycles. The summed E-state index contributed by atoms with van der Waals surface area (Å²) in [6.45, 7) is 6.97. The van der Waals surface area contributed by atoms with Gasteiger partial charge in [-0.25, -0.2) is 0 Å². The molecule has 7 heteroatoms. The molecular formula is C16H20N4O3. The molecule has 0 bridgehead atoms. The Morgan fingerprint density at radius 2 is 2.00 bits per heavy atom. The van der Waals surface area contributed by atoms with Crippen LogP contribution in [0.25, 0.3) is 0 Å². The third-order valence-corrected chi connectivity index (χ3v) is 4.04. The van der Waals surface area contributed by atoms with Crippen LogP contribution < -0.4 is 0 Å². The first-order chi connectivity index (χ1) is 11.0. The first-order valence-electron chi connectivity index (χ1n) is 7.66. The van der Waals surface area contributed by atoms with E-state index >= 15 is 0 Å². The molecule has 0 radical (unpaired) electrons. The van der Waals surface area contributed by atoms with Crippen LogP contribution >= 0.6 is 0 Å². The summed E-state index contributed by atoms with van der Waals surface area (Å²) in [6, 6.07) is 3.55. The highest BCUT2D eigenvalue weighted by Crippen LogP contribution is 2.13. The van der Waals surface area contributed by atoms with Crippen molar-refractivity contribution in [3.05, 3.63) is 41.0 Å². The molecule has 0 atom stereocenters. The fraction of sp³-hybridized carbons (Fsp3) is 0.438. The van der Waals surface area contributed by atoms with E-state index in [2.05, 4.69) is 15.0 Å². The average Bonchev–Trinajstić information content (AvgIpc) is 3.17. The summed E-state index contributed by atoms with van der Waals surface area (Å²) < 4.78 is 5.23. The van der Waals surface area contributed by atoms with E-state index < -0.39 is 0 Å². The second kappa shape index (κ2) is 6.37. The number of rotatable bonds is 4. The van der Waals surface area contributed by atoms with Gasteiger partial charge in [-0.2, -0.15) is 0 Å². The number of aryl methyl sites for hydroxylation is 1. The van der Waals surface area contributed by atoms with Gasteiger partial charge in [-0.05, 0) is 19.9 Å². The van der Waals surface area contributed by atoms with E-state index in [0.29, 0.717) is 30.9 Å². The lowest BCUT2D eigenvalue weighted by Crippen LogP contribution is -2.48. The molecule has 2 aromatic rings. The number of carbonyl (C=O) groups excluding carboxylic acids is 2. The first-order valence-corrected chi connectivity index (χ1v) is 7.66. The zero-order chi connectivity index (χ0) is 16.4. The lowest BCUT2D eigenvalue weighted by molar-refractivity contribution is 0.0612. The van der Waals surface area contributed by atoms with Crippen LogP contribution in [0.2, 0.25) is 0 Å². The largest absolute Gasteiger partial charge is 0.360 e. The van der Waals surface area contributed by atoms with Gasteiger partial charge >= 0.3 is 0 Å². The SMILES string of the molecule is CC(=O)c1c[nH]c(C(=O)N2CCN(Cc3cc(C)no3)CC2)c1. The maximum atomic E-state index is 12.4. The van der Waals surface area contributed by atoms with Crippen LogP contribution in [0.15, 0.2) is 22.9 Å². The molecule has 1 fully saturated rings. The third-order valence-electron chi connectivity index (χ3n) is 4.04. The highest BCUT2D eigenvalue weighted by Gasteiger charge is 2.24. The molecular weight excluding hydrogens is 296 g/mol. The lowest BCUT2D eigenvalue weighted by atomic mass is 10.2. The van der Waals surface area contributed by atoms with Gasteiger partial charge in [-0.15, -0.1) is 0 Å². The van der Waals surface area contributed by atoms with E-state index in [0.717, 1.165) is 24.5 Å². The van der Waals surface area contributed by atoms with Gasteiger partial charge in [0.05, 0.1) is 12.2 Å². The minimum Gasteiger partial charge on any atom is -0.360 e. The Labute approximate surface area is 134 Å². The predicted octanol–water partition coefficient (Wildman–Crippen LogP) is 1.47. The fourth-order valence-corrected chi connectivity index (χ4v) is 2.71. The van der Waals surface area contributed by atoms with Crippen LogP contribution in [0.5, 0.6) is 0 Å². The van der Waals surface area contributed by atoms with Gasteiger partial charge in [0.25, 0.3) is 5.91 Å². The fourth-order valence-electron chi connectivity index (χ4n) is 2.71. The number of amides is 1. The molecule has 2 aromatic heterocycles. The summed E-state index contributed by atoms with van der Waals surface area (Å²) in [7, 11) is 0. The quantitative estimate of drug-likeness (QED) is 0.864. The monoisotopic (exact) mass is 316 g/mol. The number of H-pyrrole nitrogens is 1. The first kappa shape index (κ1) is 15.5. The summed E-state index contributed by atoms with van der Waals surface area (Å²) >= 11 is 0. The lowest BCUT2D eigenvalue weighted by Gasteiger charge is -2.33. The number of hydrogen-bond acceptors (Lipinski definition) is 5. The van der Waals surface area contributed by atoms with Gasteiger partial charge in [-0.1, -0.05) is 5.16 Å². The van der Waals surface area contributed by atoms with E-state index in [1.807, 2.05) is 13.0 Å². The number of aromatic nitrogens is 2. The van der Waals surface area contributed by atoms with Crippen LogP contribution in [-0.4, -0.2) is 57.8 Å². The molecule has 122 valence electrons. The van der Waals surface area contributed by atoms with Crippen molar-refractivity contribution in [3.8, 4) is 0 Å². The van der Waals surface area contributed by atoms with Crippen LogP contribution in [0.3, 0.4) is 0 Å². The molecule has 1 N–H and O–H groups in total. The van der Waals surface area contributed by atoms with Gasteiger partial charge in [-0.3, -0.25) is 14.5 Å². The van der Waals surface area contributed by atoms with Gasteiger partial charge in [0.1, 0.15) is 5.69 Å². The molecule has 0 saturated carbocycles. The molecule has 1 aliphatic rings. The van der Waals surface area contributed by atoms with Crippen molar-refractivity contribution in [2.24, 2.45) is 0 Å². The summed E-state index contributed by atoms with van der Waals surface area (Å²) in [6.07, 6.45) is 1.58. The Bertz CT molecular complexity index is 710. The third kappa shape index (κ3) is 3.50. The van der Waals surface area contributed by atoms with Gasteiger partial charge in [0.2, 0.25) is 0 Å². The number of carbonyl (C=O) groups is 2.